The summed E-state index contributed by atoms with van der Waals surface area (Å²) in [6.07, 6.45) is 5.67. The van der Waals surface area contributed by atoms with Gasteiger partial charge in [-0.05, 0) is 25.7 Å². The van der Waals surface area contributed by atoms with Gasteiger partial charge in [0.1, 0.15) is 0 Å². The fourth-order valence-electron chi connectivity index (χ4n) is 2.43. The van der Waals surface area contributed by atoms with E-state index in [9.17, 15) is 0 Å². The van der Waals surface area contributed by atoms with Gasteiger partial charge in [0.15, 0.2) is 5.96 Å². The summed E-state index contributed by atoms with van der Waals surface area (Å²) in [5, 5.41) is 3.40. The Morgan fingerprint density at radius 3 is 2.71 bits per heavy atom. The van der Waals surface area contributed by atoms with Crippen molar-refractivity contribution >= 4 is 5.96 Å². The highest BCUT2D eigenvalue weighted by atomic mass is 15.3. The lowest BCUT2D eigenvalue weighted by molar-refractivity contribution is 0.380. The summed E-state index contributed by atoms with van der Waals surface area (Å²) in [6, 6.07) is 0.524. The molecule has 14 heavy (non-hydrogen) atoms. The van der Waals surface area contributed by atoms with E-state index in [2.05, 4.69) is 29.2 Å². The molecule has 0 aromatic heterocycles. The van der Waals surface area contributed by atoms with Crippen molar-refractivity contribution in [2.45, 2.75) is 38.6 Å². The normalized spacial score (nSPS) is 27.6. The Labute approximate surface area is 86.6 Å². The van der Waals surface area contributed by atoms with Crippen molar-refractivity contribution in [1.82, 2.24) is 10.2 Å². The molecular formula is C11H21N3. The second kappa shape index (κ2) is 4.20. The van der Waals surface area contributed by atoms with E-state index in [0.717, 1.165) is 18.4 Å². The van der Waals surface area contributed by atoms with Gasteiger partial charge >= 0.3 is 0 Å². The summed E-state index contributed by atoms with van der Waals surface area (Å²) in [6.45, 7) is 4.29. The van der Waals surface area contributed by atoms with Crippen LogP contribution in [-0.4, -0.2) is 37.0 Å². The molecule has 1 saturated carbocycles. The fraction of sp³-hybridized carbons (Fsp3) is 0.909. The quantitative estimate of drug-likeness (QED) is 0.722. The molecule has 3 heteroatoms. The maximum absolute atomic E-state index is 4.49. The third-order valence-electron chi connectivity index (χ3n) is 3.26. The highest BCUT2D eigenvalue weighted by Gasteiger charge is 2.21. The SMILES string of the molecule is CC1CN=C(N(C)CC2CCCC2)N1. The molecule has 3 nitrogen and oxygen atoms in total. The molecule has 80 valence electrons. The zero-order valence-corrected chi connectivity index (χ0v) is 9.29. The van der Waals surface area contributed by atoms with Gasteiger partial charge in [-0.25, -0.2) is 0 Å². The average molecular weight is 195 g/mol. The molecule has 0 amide bonds. The lowest BCUT2D eigenvalue weighted by atomic mass is 10.1. The van der Waals surface area contributed by atoms with Crippen LogP contribution in [0.2, 0.25) is 0 Å². The van der Waals surface area contributed by atoms with Crippen LogP contribution in [0.15, 0.2) is 4.99 Å². The van der Waals surface area contributed by atoms with E-state index >= 15 is 0 Å². The minimum atomic E-state index is 0.524. The maximum Gasteiger partial charge on any atom is 0.194 e. The third-order valence-corrected chi connectivity index (χ3v) is 3.26. The molecule has 1 N–H and O–H groups in total. The first-order chi connectivity index (χ1) is 6.75. The first-order valence-electron chi connectivity index (χ1n) is 5.78. The smallest absolute Gasteiger partial charge is 0.194 e. The van der Waals surface area contributed by atoms with Crippen LogP contribution in [0, 0.1) is 5.92 Å². The first kappa shape index (κ1) is 9.81. The highest BCUT2D eigenvalue weighted by molar-refractivity contribution is 5.81. The molecular weight excluding hydrogens is 174 g/mol. The largest absolute Gasteiger partial charge is 0.352 e. The van der Waals surface area contributed by atoms with Crippen molar-refractivity contribution in [3.05, 3.63) is 0 Å². The van der Waals surface area contributed by atoms with Gasteiger partial charge in [-0.1, -0.05) is 12.8 Å². The summed E-state index contributed by atoms with van der Waals surface area (Å²) in [5.41, 5.74) is 0. The maximum atomic E-state index is 4.49. The number of hydrogen-bond donors (Lipinski definition) is 1. The predicted octanol–water partition coefficient (Wildman–Crippen LogP) is 1.46. The second-order valence-corrected chi connectivity index (χ2v) is 4.74. The molecule has 2 rings (SSSR count). The van der Waals surface area contributed by atoms with Crippen LogP contribution in [0.25, 0.3) is 0 Å². The molecule has 1 unspecified atom stereocenters. The molecule has 0 saturated heterocycles. The molecule has 1 atom stereocenters. The van der Waals surface area contributed by atoms with Crippen LogP contribution in [0.4, 0.5) is 0 Å². The summed E-state index contributed by atoms with van der Waals surface area (Å²) < 4.78 is 0. The zero-order chi connectivity index (χ0) is 9.97. The number of nitrogens with zero attached hydrogens (tertiary/aromatic N) is 2. The van der Waals surface area contributed by atoms with E-state index in [0.29, 0.717) is 6.04 Å². The lowest BCUT2D eigenvalue weighted by Crippen LogP contribution is -2.40. The molecule has 0 bridgehead atoms. The summed E-state index contributed by atoms with van der Waals surface area (Å²) in [5.74, 6) is 2.00. The number of hydrogen-bond acceptors (Lipinski definition) is 3. The van der Waals surface area contributed by atoms with Crippen molar-refractivity contribution in [2.75, 3.05) is 20.1 Å². The Kier molecular flexibility index (Phi) is 2.94. The van der Waals surface area contributed by atoms with E-state index in [1.165, 1.54) is 32.2 Å². The van der Waals surface area contributed by atoms with Crippen molar-refractivity contribution < 1.29 is 0 Å². The van der Waals surface area contributed by atoms with Gasteiger partial charge in [0.2, 0.25) is 0 Å². The molecule has 1 fully saturated rings. The number of nitrogens with one attached hydrogen (secondary N) is 1. The van der Waals surface area contributed by atoms with Crippen molar-refractivity contribution in [3.63, 3.8) is 0 Å². The first-order valence-corrected chi connectivity index (χ1v) is 5.78. The van der Waals surface area contributed by atoms with Crippen LogP contribution in [0.3, 0.4) is 0 Å². The van der Waals surface area contributed by atoms with E-state index in [-0.39, 0.29) is 0 Å². The van der Waals surface area contributed by atoms with Crippen molar-refractivity contribution in [2.24, 2.45) is 10.9 Å². The van der Waals surface area contributed by atoms with Gasteiger partial charge in [-0.15, -0.1) is 0 Å². The van der Waals surface area contributed by atoms with Gasteiger partial charge < -0.3 is 10.2 Å². The molecule has 0 spiro atoms. The number of guanidine groups is 1. The Morgan fingerprint density at radius 1 is 1.43 bits per heavy atom. The summed E-state index contributed by atoms with van der Waals surface area (Å²) >= 11 is 0. The van der Waals surface area contributed by atoms with Crippen LogP contribution < -0.4 is 5.32 Å². The molecule has 0 aromatic carbocycles. The topological polar surface area (TPSA) is 27.6 Å². The predicted molar refractivity (Wildman–Crippen MR) is 59.5 cm³/mol. The van der Waals surface area contributed by atoms with E-state index < -0.39 is 0 Å². The van der Waals surface area contributed by atoms with Gasteiger partial charge in [-0.2, -0.15) is 0 Å². The van der Waals surface area contributed by atoms with E-state index in [4.69, 9.17) is 0 Å². The number of rotatable bonds is 2. The molecule has 2 aliphatic rings. The molecule has 1 heterocycles. The summed E-state index contributed by atoms with van der Waals surface area (Å²) in [4.78, 5) is 6.78. The van der Waals surface area contributed by atoms with Crippen LogP contribution in [-0.2, 0) is 0 Å². The standard InChI is InChI=1S/C11H21N3/c1-9-7-12-11(13-9)14(2)8-10-5-3-4-6-10/h9-10H,3-8H2,1-2H3,(H,12,13). The zero-order valence-electron chi connectivity index (χ0n) is 9.29. The minimum absolute atomic E-state index is 0.524. The Balaban J connectivity index is 1.80. The average Bonchev–Trinajstić information content (AvgIpc) is 2.75. The monoisotopic (exact) mass is 195 g/mol. The van der Waals surface area contributed by atoms with Gasteiger partial charge in [-0.3, -0.25) is 4.99 Å². The van der Waals surface area contributed by atoms with Crippen molar-refractivity contribution in [1.29, 1.82) is 0 Å². The van der Waals surface area contributed by atoms with Crippen LogP contribution >= 0.6 is 0 Å². The van der Waals surface area contributed by atoms with Crippen LogP contribution in [0.5, 0.6) is 0 Å². The van der Waals surface area contributed by atoms with E-state index in [1.807, 2.05) is 0 Å². The Morgan fingerprint density at radius 2 is 2.14 bits per heavy atom. The van der Waals surface area contributed by atoms with Gasteiger partial charge in [0.25, 0.3) is 0 Å². The van der Waals surface area contributed by atoms with Gasteiger partial charge in [0, 0.05) is 19.6 Å². The Bertz CT molecular complexity index is 219. The Hall–Kier alpha value is -0.730. The lowest BCUT2D eigenvalue weighted by Gasteiger charge is -2.23. The molecule has 1 aliphatic heterocycles. The van der Waals surface area contributed by atoms with E-state index in [1.54, 1.807) is 0 Å². The molecule has 1 aliphatic carbocycles. The molecule has 0 radical (unpaired) electrons. The van der Waals surface area contributed by atoms with Crippen LogP contribution in [0.1, 0.15) is 32.6 Å². The fourth-order valence-corrected chi connectivity index (χ4v) is 2.43. The molecule has 0 aromatic rings. The van der Waals surface area contributed by atoms with Gasteiger partial charge in [0.05, 0.1) is 6.54 Å². The number of aliphatic imine (C=N–C) groups is 1. The summed E-state index contributed by atoms with van der Waals surface area (Å²) in [7, 11) is 2.15. The third kappa shape index (κ3) is 2.20. The minimum Gasteiger partial charge on any atom is -0.352 e. The van der Waals surface area contributed by atoms with Crippen molar-refractivity contribution in [3.8, 4) is 0 Å². The second-order valence-electron chi connectivity index (χ2n) is 4.74. The highest BCUT2D eigenvalue weighted by Crippen LogP contribution is 2.25.